The van der Waals surface area contributed by atoms with Crippen molar-refractivity contribution < 1.29 is 13.2 Å². The predicted octanol–water partition coefficient (Wildman–Crippen LogP) is 3.67. The summed E-state index contributed by atoms with van der Waals surface area (Å²) >= 11 is 0. The van der Waals surface area contributed by atoms with Gasteiger partial charge in [0.25, 0.3) is 0 Å². The molecule has 1 fully saturated rings. The summed E-state index contributed by atoms with van der Waals surface area (Å²) in [6.07, 6.45) is -1.24. The van der Waals surface area contributed by atoms with E-state index in [1.165, 1.54) is 17.7 Å². The topological polar surface area (TPSA) is 33.1 Å². The van der Waals surface area contributed by atoms with Crippen molar-refractivity contribution in [1.82, 2.24) is 14.7 Å². The molecule has 0 saturated carbocycles. The molecule has 1 saturated heterocycles. The normalized spacial score (nSPS) is 19.0. The first-order valence-corrected chi connectivity index (χ1v) is 8.65. The molecule has 2 aliphatic heterocycles. The third kappa shape index (κ3) is 3.01. The van der Waals surface area contributed by atoms with Gasteiger partial charge in [-0.3, -0.25) is 0 Å². The van der Waals surface area contributed by atoms with Crippen molar-refractivity contribution >= 4 is 5.82 Å². The van der Waals surface area contributed by atoms with Crippen LogP contribution in [0, 0.1) is 0 Å². The summed E-state index contributed by atoms with van der Waals surface area (Å²) in [7, 11) is 2.13. The number of aromatic nitrogens is 2. The first-order chi connectivity index (χ1) is 11.9. The maximum absolute atomic E-state index is 12.8. The SMILES string of the molecule is CN1CCC(c2nn(-c3ccc(C(F)(F)F)cc3)c3c2CCN3)CC1. The molecule has 0 amide bonds. The van der Waals surface area contributed by atoms with Gasteiger partial charge in [-0.05, 0) is 63.7 Å². The number of piperidine rings is 1. The molecule has 0 bridgehead atoms. The van der Waals surface area contributed by atoms with Crippen molar-refractivity contribution in [2.75, 3.05) is 32.0 Å². The molecule has 0 atom stereocenters. The van der Waals surface area contributed by atoms with Gasteiger partial charge in [0.05, 0.1) is 16.9 Å². The van der Waals surface area contributed by atoms with Crippen molar-refractivity contribution in [1.29, 1.82) is 0 Å². The lowest BCUT2D eigenvalue weighted by molar-refractivity contribution is -0.137. The summed E-state index contributed by atoms with van der Waals surface area (Å²) < 4.78 is 40.1. The number of hydrogen-bond acceptors (Lipinski definition) is 3. The van der Waals surface area contributed by atoms with Crippen LogP contribution in [0.15, 0.2) is 24.3 Å². The van der Waals surface area contributed by atoms with Gasteiger partial charge in [-0.15, -0.1) is 0 Å². The number of likely N-dealkylation sites (tertiary alicyclic amines) is 1. The molecule has 1 N–H and O–H groups in total. The second kappa shape index (κ2) is 6.05. The zero-order chi connectivity index (χ0) is 17.6. The van der Waals surface area contributed by atoms with Crippen molar-refractivity contribution in [3.05, 3.63) is 41.1 Å². The Hall–Kier alpha value is -2.02. The van der Waals surface area contributed by atoms with Crippen LogP contribution in [0.2, 0.25) is 0 Å². The number of alkyl halides is 3. The van der Waals surface area contributed by atoms with Gasteiger partial charge in [0.15, 0.2) is 0 Å². The third-order valence-corrected chi connectivity index (χ3v) is 5.23. The Morgan fingerprint density at radius 1 is 1.12 bits per heavy atom. The molecule has 0 spiro atoms. The van der Waals surface area contributed by atoms with Gasteiger partial charge >= 0.3 is 6.18 Å². The molecule has 25 heavy (non-hydrogen) atoms. The predicted molar refractivity (Wildman–Crippen MR) is 90.2 cm³/mol. The van der Waals surface area contributed by atoms with Crippen LogP contribution in [-0.4, -0.2) is 41.4 Å². The molecule has 4 nitrogen and oxygen atoms in total. The number of hydrogen-bond donors (Lipinski definition) is 1. The van der Waals surface area contributed by atoms with E-state index in [-0.39, 0.29) is 0 Å². The van der Waals surface area contributed by atoms with E-state index < -0.39 is 11.7 Å². The van der Waals surface area contributed by atoms with Crippen LogP contribution in [0.4, 0.5) is 19.0 Å². The van der Waals surface area contributed by atoms with Gasteiger partial charge in [-0.25, -0.2) is 4.68 Å². The molecule has 2 aromatic rings. The van der Waals surface area contributed by atoms with E-state index in [0.717, 1.165) is 62.5 Å². The zero-order valence-electron chi connectivity index (χ0n) is 14.1. The standard InChI is InChI=1S/C18H21F3N4/c1-24-10-7-12(8-11-24)16-15-6-9-22-17(15)25(23-16)14-4-2-13(3-5-14)18(19,20)21/h2-5,12,22H,6-11H2,1H3. The number of anilines is 1. The highest BCUT2D eigenvalue weighted by molar-refractivity contribution is 5.58. The number of benzene rings is 1. The fourth-order valence-electron chi connectivity index (χ4n) is 3.79. The van der Waals surface area contributed by atoms with Crippen molar-refractivity contribution in [2.45, 2.75) is 31.4 Å². The first kappa shape index (κ1) is 16.4. The maximum atomic E-state index is 12.8. The average molecular weight is 350 g/mol. The number of fused-ring (bicyclic) bond motifs is 1. The quantitative estimate of drug-likeness (QED) is 0.897. The van der Waals surface area contributed by atoms with Gasteiger partial charge in [-0.2, -0.15) is 18.3 Å². The molecular formula is C18H21F3N4. The van der Waals surface area contributed by atoms with Crippen molar-refractivity contribution in [2.24, 2.45) is 0 Å². The lowest BCUT2D eigenvalue weighted by Crippen LogP contribution is -2.29. The minimum Gasteiger partial charge on any atom is -0.369 e. The molecule has 0 aliphatic carbocycles. The van der Waals surface area contributed by atoms with Crippen LogP contribution >= 0.6 is 0 Å². The molecule has 134 valence electrons. The highest BCUT2D eigenvalue weighted by Crippen LogP contribution is 2.37. The first-order valence-electron chi connectivity index (χ1n) is 8.65. The summed E-state index contributed by atoms with van der Waals surface area (Å²) in [5.74, 6) is 1.37. The van der Waals surface area contributed by atoms with E-state index in [2.05, 4.69) is 17.3 Å². The summed E-state index contributed by atoms with van der Waals surface area (Å²) in [6.45, 7) is 2.97. The largest absolute Gasteiger partial charge is 0.416 e. The van der Waals surface area contributed by atoms with E-state index in [9.17, 15) is 13.2 Å². The molecular weight excluding hydrogens is 329 g/mol. The van der Waals surface area contributed by atoms with Crippen molar-refractivity contribution in [3.8, 4) is 5.69 Å². The Morgan fingerprint density at radius 2 is 1.80 bits per heavy atom. The number of nitrogens with zero attached hydrogens (tertiary/aromatic N) is 3. The number of nitrogens with one attached hydrogen (secondary N) is 1. The smallest absolute Gasteiger partial charge is 0.369 e. The highest BCUT2D eigenvalue weighted by Gasteiger charge is 2.31. The van der Waals surface area contributed by atoms with Crippen LogP contribution in [0.3, 0.4) is 0 Å². The second-order valence-electron chi connectivity index (χ2n) is 6.92. The van der Waals surface area contributed by atoms with Crippen LogP contribution < -0.4 is 5.32 Å². The fraction of sp³-hybridized carbons (Fsp3) is 0.500. The van der Waals surface area contributed by atoms with Crippen LogP contribution in [-0.2, 0) is 12.6 Å². The maximum Gasteiger partial charge on any atom is 0.416 e. The average Bonchev–Trinajstić information content (AvgIpc) is 3.17. The lowest BCUT2D eigenvalue weighted by atomic mass is 9.91. The Morgan fingerprint density at radius 3 is 2.44 bits per heavy atom. The Kier molecular flexibility index (Phi) is 3.98. The fourth-order valence-corrected chi connectivity index (χ4v) is 3.79. The van der Waals surface area contributed by atoms with E-state index in [1.807, 2.05) is 0 Å². The van der Waals surface area contributed by atoms with Crippen LogP contribution in [0.25, 0.3) is 5.69 Å². The van der Waals surface area contributed by atoms with E-state index in [1.54, 1.807) is 4.68 Å². The highest BCUT2D eigenvalue weighted by atomic mass is 19.4. The molecule has 2 aliphatic rings. The number of halogens is 3. The molecule has 4 rings (SSSR count). The molecule has 0 unspecified atom stereocenters. The summed E-state index contributed by atoms with van der Waals surface area (Å²) in [6, 6.07) is 5.23. The second-order valence-corrected chi connectivity index (χ2v) is 6.92. The summed E-state index contributed by atoms with van der Waals surface area (Å²) in [5.41, 5.74) is 2.38. The Balaban J connectivity index is 1.68. The lowest BCUT2D eigenvalue weighted by Gasteiger charge is -2.28. The minimum absolute atomic E-state index is 0.431. The Labute approximate surface area is 144 Å². The molecule has 3 heterocycles. The van der Waals surface area contributed by atoms with E-state index in [0.29, 0.717) is 11.6 Å². The summed E-state index contributed by atoms with van der Waals surface area (Å²) in [4.78, 5) is 2.32. The van der Waals surface area contributed by atoms with E-state index >= 15 is 0 Å². The van der Waals surface area contributed by atoms with E-state index in [4.69, 9.17) is 5.10 Å². The monoisotopic (exact) mass is 350 g/mol. The van der Waals surface area contributed by atoms with Crippen molar-refractivity contribution in [3.63, 3.8) is 0 Å². The van der Waals surface area contributed by atoms with Gasteiger partial charge in [0.2, 0.25) is 0 Å². The van der Waals surface area contributed by atoms with Gasteiger partial charge in [0.1, 0.15) is 5.82 Å². The third-order valence-electron chi connectivity index (χ3n) is 5.23. The Bertz CT molecular complexity index is 756. The molecule has 7 heteroatoms. The summed E-state index contributed by atoms with van der Waals surface area (Å²) in [5, 5.41) is 8.15. The van der Waals surface area contributed by atoms with Gasteiger partial charge < -0.3 is 10.2 Å². The van der Waals surface area contributed by atoms with Gasteiger partial charge in [-0.1, -0.05) is 0 Å². The minimum atomic E-state index is -4.32. The molecule has 1 aromatic carbocycles. The molecule has 0 radical (unpaired) electrons. The molecule has 1 aromatic heterocycles. The van der Waals surface area contributed by atoms with Gasteiger partial charge in [0, 0.05) is 18.0 Å². The zero-order valence-corrected chi connectivity index (χ0v) is 14.1. The number of rotatable bonds is 2. The van der Waals surface area contributed by atoms with Crippen LogP contribution in [0.1, 0.15) is 35.6 Å². The van der Waals surface area contributed by atoms with Crippen LogP contribution in [0.5, 0.6) is 0 Å².